The number of guanidine groups is 1. The molecule has 26 heavy (non-hydrogen) atoms. The van der Waals surface area contributed by atoms with Gasteiger partial charge in [-0.2, -0.15) is 0 Å². The van der Waals surface area contributed by atoms with E-state index in [0.29, 0.717) is 18.3 Å². The molecular formula is C19H31IN4O2. The minimum Gasteiger partial charge on any atom is -0.504 e. The monoisotopic (exact) mass is 474 g/mol. The quantitative estimate of drug-likeness (QED) is 0.336. The highest BCUT2D eigenvalue weighted by atomic mass is 127. The molecule has 1 heterocycles. The van der Waals surface area contributed by atoms with Crippen molar-refractivity contribution in [3.63, 3.8) is 0 Å². The van der Waals surface area contributed by atoms with Gasteiger partial charge in [0.2, 0.25) is 0 Å². The molecule has 0 amide bonds. The summed E-state index contributed by atoms with van der Waals surface area (Å²) < 4.78 is 5.08. The highest BCUT2D eigenvalue weighted by Crippen LogP contribution is 2.29. The zero-order chi connectivity index (χ0) is 17.6. The maximum atomic E-state index is 9.89. The lowest BCUT2D eigenvalue weighted by molar-refractivity contribution is 0.197. The van der Waals surface area contributed by atoms with Crippen LogP contribution in [0.25, 0.3) is 0 Å². The largest absolute Gasteiger partial charge is 0.504 e. The summed E-state index contributed by atoms with van der Waals surface area (Å²) in [7, 11) is 1.55. The average Bonchev–Trinajstić information content (AvgIpc) is 3.46. The molecule has 2 fully saturated rings. The van der Waals surface area contributed by atoms with Crippen LogP contribution in [0.3, 0.4) is 0 Å². The van der Waals surface area contributed by atoms with E-state index in [9.17, 15) is 5.11 Å². The first-order valence-corrected chi connectivity index (χ1v) is 9.34. The summed E-state index contributed by atoms with van der Waals surface area (Å²) in [5, 5.41) is 16.8. The predicted octanol–water partition coefficient (Wildman–Crippen LogP) is 2.70. The summed E-state index contributed by atoms with van der Waals surface area (Å²) >= 11 is 0. The third-order valence-electron chi connectivity index (χ3n) is 4.94. The molecule has 0 unspecified atom stereocenters. The van der Waals surface area contributed by atoms with Crippen molar-refractivity contribution < 1.29 is 9.84 Å². The second-order valence-electron chi connectivity index (χ2n) is 6.89. The Bertz CT molecular complexity index is 599. The number of hydrogen-bond acceptors (Lipinski definition) is 4. The minimum absolute atomic E-state index is 0. The molecule has 1 aliphatic heterocycles. The number of aromatic hydroxyl groups is 1. The van der Waals surface area contributed by atoms with Crippen LogP contribution in [0.5, 0.6) is 11.5 Å². The van der Waals surface area contributed by atoms with Gasteiger partial charge in [0, 0.05) is 31.7 Å². The lowest BCUT2D eigenvalue weighted by Gasteiger charge is -2.33. The van der Waals surface area contributed by atoms with E-state index in [4.69, 9.17) is 4.74 Å². The molecule has 0 bridgehead atoms. The summed E-state index contributed by atoms with van der Waals surface area (Å²) in [6.07, 6.45) is 5.11. The summed E-state index contributed by atoms with van der Waals surface area (Å²) in [5.74, 6) is 1.49. The molecule has 1 saturated heterocycles. The molecular weight excluding hydrogens is 443 g/mol. The van der Waals surface area contributed by atoms with E-state index in [2.05, 4.69) is 27.4 Å². The highest BCUT2D eigenvalue weighted by Gasteiger charge is 2.31. The molecule has 0 atom stereocenters. The molecule has 7 heteroatoms. The molecule has 3 rings (SSSR count). The number of likely N-dealkylation sites (tertiary alicyclic amines) is 1. The van der Waals surface area contributed by atoms with Gasteiger partial charge in [-0.15, -0.1) is 24.0 Å². The normalized spacial score (nSPS) is 18.9. The third-order valence-corrected chi connectivity index (χ3v) is 4.94. The van der Waals surface area contributed by atoms with E-state index >= 15 is 0 Å². The molecule has 146 valence electrons. The van der Waals surface area contributed by atoms with Gasteiger partial charge in [0.25, 0.3) is 0 Å². The van der Waals surface area contributed by atoms with Crippen LogP contribution in [0.1, 0.15) is 38.2 Å². The number of rotatable bonds is 6. The molecule has 0 spiro atoms. The van der Waals surface area contributed by atoms with Gasteiger partial charge in [-0.25, -0.2) is 4.99 Å². The number of ether oxygens (including phenoxy) is 1. The van der Waals surface area contributed by atoms with Gasteiger partial charge in [-0.05, 0) is 50.3 Å². The number of hydrogen-bond donors (Lipinski definition) is 3. The fourth-order valence-corrected chi connectivity index (χ4v) is 3.37. The molecule has 1 aliphatic carbocycles. The Morgan fingerprint density at radius 2 is 2.00 bits per heavy atom. The number of aliphatic imine (C=N–C) groups is 1. The van der Waals surface area contributed by atoms with Gasteiger partial charge < -0.3 is 25.4 Å². The van der Waals surface area contributed by atoms with Crippen LogP contribution in [-0.4, -0.2) is 54.8 Å². The molecule has 3 N–H and O–H groups in total. The Hall–Kier alpha value is -1.22. The van der Waals surface area contributed by atoms with E-state index in [1.807, 2.05) is 6.07 Å². The number of nitrogens with one attached hydrogen (secondary N) is 2. The Labute approximate surface area is 173 Å². The van der Waals surface area contributed by atoms with E-state index in [1.165, 1.54) is 38.8 Å². The molecule has 1 saturated carbocycles. The number of piperidine rings is 1. The van der Waals surface area contributed by atoms with Crippen molar-refractivity contribution in [3.05, 3.63) is 23.8 Å². The Kier molecular flexibility index (Phi) is 8.27. The maximum absolute atomic E-state index is 9.89. The highest BCUT2D eigenvalue weighted by molar-refractivity contribution is 14.0. The predicted molar refractivity (Wildman–Crippen MR) is 116 cm³/mol. The maximum Gasteiger partial charge on any atom is 0.191 e. The lowest BCUT2D eigenvalue weighted by atomic mass is 10.1. The first-order chi connectivity index (χ1) is 12.2. The number of methoxy groups -OCH3 is 1. The van der Waals surface area contributed by atoms with Crippen molar-refractivity contribution in [3.8, 4) is 11.5 Å². The van der Waals surface area contributed by atoms with Gasteiger partial charge in [-0.1, -0.05) is 6.07 Å². The van der Waals surface area contributed by atoms with Crippen LogP contribution >= 0.6 is 24.0 Å². The summed E-state index contributed by atoms with van der Waals surface area (Å²) in [5.41, 5.74) is 0.957. The van der Waals surface area contributed by atoms with Gasteiger partial charge in [0.15, 0.2) is 17.5 Å². The Morgan fingerprint density at radius 1 is 1.27 bits per heavy atom. The number of benzene rings is 1. The van der Waals surface area contributed by atoms with Crippen molar-refractivity contribution in [2.75, 3.05) is 26.7 Å². The number of phenols is 1. The third kappa shape index (κ3) is 5.90. The fraction of sp³-hybridized carbons (Fsp3) is 0.632. The zero-order valence-corrected chi connectivity index (χ0v) is 18.0. The molecule has 0 aromatic heterocycles. The van der Waals surface area contributed by atoms with Crippen LogP contribution < -0.4 is 15.4 Å². The molecule has 2 aliphatic rings. The van der Waals surface area contributed by atoms with Crippen molar-refractivity contribution in [1.29, 1.82) is 0 Å². The average molecular weight is 474 g/mol. The summed E-state index contributed by atoms with van der Waals surface area (Å²) in [6, 6.07) is 6.76. The van der Waals surface area contributed by atoms with Gasteiger partial charge in [0.1, 0.15) is 0 Å². The van der Waals surface area contributed by atoms with E-state index < -0.39 is 0 Å². The standard InChI is InChI=1S/C19H30N4O2.HI/c1-3-20-19(21-13-14-4-7-18(25-2)17(24)12-14)22-15-8-10-23(11-9-15)16-5-6-16;/h4,7,12,15-16,24H,3,5-6,8-11,13H2,1-2H3,(H2,20,21,22);1H. The second kappa shape index (κ2) is 10.2. The number of halogens is 1. The van der Waals surface area contributed by atoms with E-state index in [-0.39, 0.29) is 29.7 Å². The van der Waals surface area contributed by atoms with E-state index in [0.717, 1.165) is 24.1 Å². The van der Waals surface area contributed by atoms with Crippen LogP contribution in [-0.2, 0) is 6.54 Å². The molecule has 1 aromatic rings. The van der Waals surface area contributed by atoms with Crippen LogP contribution in [0, 0.1) is 0 Å². The zero-order valence-electron chi connectivity index (χ0n) is 15.7. The number of phenolic OH excluding ortho intramolecular Hbond substituents is 1. The smallest absolute Gasteiger partial charge is 0.191 e. The second-order valence-corrected chi connectivity index (χ2v) is 6.89. The van der Waals surface area contributed by atoms with Gasteiger partial charge >= 0.3 is 0 Å². The van der Waals surface area contributed by atoms with Crippen molar-refractivity contribution in [2.24, 2.45) is 4.99 Å². The SMILES string of the molecule is CCNC(=NCc1ccc(OC)c(O)c1)NC1CCN(C2CC2)CC1.I. The van der Waals surface area contributed by atoms with Crippen molar-refractivity contribution >= 4 is 29.9 Å². The fourth-order valence-electron chi connectivity index (χ4n) is 3.37. The topological polar surface area (TPSA) is 69.1 Å². The minimum atomic E-state index is 0. The molecule has 1 aromatic carbocycles. The Morgan fingerprint density at radius 3 is 2.58 bits per heavy atom. The first-order valence-electron chi connectivity index (χ1n) is 9.34. The van der Waals surface area contributed by atoms with Crippen LogP contribution in [0.15, 0.2) is 23.2 Å². The summed E-state index contributed by atoms with van der Waals surface area (Å²) in [6.45, 7) is 5.81. The molecule has 6 nitrogen and oxygen atoms in total. The van der Waals surface area contributed by atoms with Gasteiger partial charge in [-0.3, -0.25) is 0 Å². The van der Waals surface area contributed by atoms with Gasteiger partial charge in [0.05, 0.1) is 13.7 Å². The summed E-state index contributed by atoms with van der Waals surface area (Å²) in [4.78, 5) is 7.30. The Balaban J connectivity index is 0.00000243. The van der Waals surface area contributed by atoms with Crippen molar-refractivity contribution in [1.82, 2.24) is 15.5 Å². The van der Waals surface area contributed by atoms with Crippen LogP contribution in [0.2, 0.25) is 0 Å². The lowest BCUT2D eigenvalue weighted by Crippen LogP contribution is -2.49. The van der Waals surface area contributed by atoms with Crippen LogP contribution in [0.4, 0.5) is 0 Å². The first kappa shape index (κ1) is 21.1. The van der Waals surface area contributed by atoms with E-state index in [1.54, 1.807) is 19.2 Å². The van der Waals surface area contributed by atoms with Crippen molar-refractivity contribution in [2.45, 2.75) is 51.2 Å². The number of nitrogens with zero attached hydrogens (tertiary/aromatic N) is 2. The molecule has 0 radical (unpaired) electrons.